The second-order valence-electron chi connectivity index (χ2n) is 33.9. The normalized spacial score (nSPS) is 12.6. The van der Waals surface area contributed by atoms with Crippen LogP contribution in [0.5, 0.6) is 0 Å². The Morgan fingerprint density at radius 3 is 1.05 bits per heavy atom. The van der Waals surface area contributed by atoms with Crippen molar-refractivity contribution in [2.45, 2.75) is 135 Å². The number of carbonyl (C=O) groups excluding carboxylic acids is 7. The van der Waals surface area contributed by atoms with Gasteiger partial charge in [0.25, 0.3) is 0 Å². The number of benzene rings is 5. The van der Waals surface area contributed by atoms with Gasteiger partial charge in [-0.05, 0) is 148 Å². The van der Waals surface area contributed by atoms with Crippen LogP contribution in [-0.4, -0.2) is 202 Å². The van der Waals surface area contributed by atoms with Gasteiger partial charge in [0.15, 0.2) is 40.5 Å². The summed E-state index contributed by atoms with van der Waals surface area (Å²) in [5, 5.41) is 63.4. The van der Waals surface area contributed by atoms with Gasteiger partial charge >= 0.3 is 0 Å². The molecule has 10 heterocycles. The summed E-state index contributed by atoms with van der Waals surface area (Å²) in [5.74, 6) is 2.75. The Bertz CT molecular complexity index is 6260. The summed E-state index contributed by atoms with van der Waals surface area (Å²) in [5.41, 5.74) is 15.2. The largest absolute Gasteiger partial charge is 0.388 e. The summed E-state index contributed by atoms with van der Waals surface area (Å²) in [4.78, 5) is 147. The fraction of sp³-hybridized carbons (Fsp3) is 0.275. The molecule has 0 atom stereocenters. The van der Waals surface area contributed by atoms with E-state index in [2.05, 4.69) is 202 Å². The molecular formula is C109H110N16O14S. The third kappa shape index (κ3) is 32.4. The summed E-state index contributed by atoms with van der Waals surface area (Å²) in [6.07, 6.45) is 44.4. The molecule has 31 heteroatoms. The van der Waals surface area contributed by atoms with Crippen LogP contribution in [0.2, 0.25) is 0 Å². The zero-order valence-corrected chi connectivity index (χ0v) is 78.5. The van der Waals surface area contributed by atoms with Gasteiger partial charge in [0.2, 0.25) is 0 Å². The van der Waals surface area contributed by atoms with Crippen molar-refractivity contribution in [2.75, 3.05) is 46.2 Å². The second-order valence-corrected chi connectivity index (χ2v) is 35.0. The molecule has 0 amide bonds. The average Bonchev–Trinajstić information content (AvgIpc) is 1.62. The SMILES string of the molecule is CC1(Cc2ncc(C(=O)CO)cn2)CCCCC1.O=C(CO)c1cnc(CC2(Cc3ccccc3)CC2)nc1.O=C(CO)c1cnc(CC2c3ccccc3-c3ccccc32)nc1.O=C(CO)c1cnc(CCc2ccc(-c3ccccc3)cc2)nc1.O=C(CO)c1cnc(CCc2ccccn2)nc1.O=C(CO)c1cnc(CCc2cccnc2)nc1.O=C(CO)c1cnc(CCc2cccs2)nc1. The Kier molecular flexibility index (Phi) is 40.3. The van der Waals surface area contributed by atoms with Gasteiger partial charge in [-0.3, -0.25) is 43.5 Å². The lowest BCUT2D eigenvalue weighted by Gasteiger charge is -2.32. The first-order valence-electron chi connectivity index (χ1n) is 46.1. The number of Topliss-reactive ketones (excluding diaryl/α,β-unsaturated/α-hetero) is 7. The molecule has 0 unspecified atom stereocenters. The van der Waals surface area contributed by atoms with Crippen molar-refractivity contribution in [3.8, 4) is 22.3 Å². The lowest BCUT2D eigenvalue weighted by atomic mass is 9.73. The maximum absolute atomic E-state index is 11.5. The van der Waals surface area contributed by atoms with E-state index in [9.17, 15) is 33.6 Å². The molecule has 2 fully saturated rings. The summed E-state index contributed by atoms with van der Waals surface area (Å²) < 4.78 is 0. The van der Waals surface area contributed by atoms with Crippen molar-refractivity contribution >= 4 is 51.8 Å². The van der Waals surface area contributed by atoms with E-state index in [0.717, 1.165) is 74.3 Å². The topological polar surface area (TPSA) is 467 Å². The maximum Gasteiger partial charge on any atom is 0.191 e. The van der Waals surface area contributed by atoms with Crippen molar-refractivity contribution < 1.29 is 69.3 Å². The number of ketones is 7. The van der Waals surface area contributed by atoms with E-state index < -0.39 is 46.2 Å². The molecule has 5 aromatic carbocycles. The molecule has 140 heavy (non-hydrogen) atoms. The van der Waals surface area contributed by atoms with Gasteiger partial charge in [0.1, 0.15) is 87.0 Å². The standard InChI is InChI=1S/C20H16N2O2.C20H18N2O2.C17H18N2O2.C14H20N2O2.2C13H13N3O2.C12H12N2O2S/c23-12-19(24)13-10-21-20(22-11-13)9-18-16-7-3-1-5-14(16)15-6-2-4-8-17(15)18;23-14-19(24)18-12-21-20(22-13-18)11-8-15-6-9-17(10-7-15)16-4-2-1-3-5-16;20-12-15(21)14-10-18-16(19-11-14)9-17(6-7-17)8-13-4-2-1-3-5-13;1-14(5-3-2-4-6-14)7-13-15-8-11(9-16-13)12(18)10-17;17-9-12(18)11-7-15-13(16-8-11)4-3-10-2-1-5-14-6-10;17-9-12(18)10-7-15-13(16-8-10)5-4-11-3-1-2-6-14-11;15-8-11(16)9-6-13-12(14-7-9)4-3-10-2-1-5-17-10/h1-8,10-11,18,23H,9,12H2;1-7,9-10,12-13,23H,8,11,14H2;1-5,10-11,20H,6-9,12H2;8-9,17H,2-7,10H2,1H3;1-2,5-8,17H,3-4,9H2;1-3,6-8,17H,4-5,9H2;1-2,5-7,15H,3-4,8H2. The summed E-state index contributed by atoms with van der Waals surface area (Å²) in [6.45, 7) is -1.27. The molecular weight excluding hydrogens is 1790 g/mol. The minimum Gasteiger partial charge on any atom is -0.388 e. The van der Waals surface area contributed by atoms with Crippen LogP contribution in [0, 0.1) is 10.8 Å². The summed E-state index contributed by atoms with van der Waals surface area (Å²) >= 11 is 1.71. The van der Waals surface area contributed by atoms with Crippen molar-refractivity contribution in [1.82, 2.24) is 79.7 Å². The van der Waals surface area contributed by atoms with Crippen molar-refractivity contribution in [3.63, 3.8) is 0 Å². The number of hydrogen-bond acceptors (Lipinski definition) is 31. The number of aryl methyl sites for hydroxylation is 8. The lowest BCUT2D eigenvalue weighted by molar-refractivity contribution is 0.0897. The van der Waals surface area contributed by atoms with Crippen LogP contribution in [0.3, 0.4) is 0 Å². The fourth-order valence-corrected chi connectivity index (χ4v) is 16.3. The lowest BCUT2D eigenvalue weighted by Crippen LogP contribution is -2.24. The molecule has 15 aromatic rings. The number of hydrogen-bond donors (Lipinski definition) is 7. The zero-order valence-electron chi connectivity index (χ0n) is 77.6. The maximum atomic E-state index is 11.5. The summed E-state index contributed by atoms with van der Waals surface area (Å²) in [6, 6.07) is 59.8. The Labute approximate surface area is 815 Å². The smallest absolute Gasteiger partial charge is 0.191 e. The molecule has 2 saturated carbocycles. The number of thiophene rings is 1. The van der Waals surface area contributed by atoms with Crippen molar-refractivity contribution in [1.29, 1.82) is 0 Å². The number of rotatable bonds is 35. The molecule has 0 spiro atoms. The van der Waals surface area contributed by atoms with E-state index in [-0.39, 0.29) is 51.8 Å². The number of fused-ring (bicyclic) bond motifs is 3. The second kappa shape index (κ2) is 54.3. The van der Waals surface area contributed by atoms with Crippen LogP contribution in [-0.2, 0) is 77.0 Å². The molecule has 30 nitrogen and oxygen atoms in total. The molecule has 716 valence electrons. The fourth-order valence-electron chi connectivity index (χ4n) is 15.5. The Balaban J connectivity index is 0.000000147. The van der Waals surface area contributed by atoms with Crippen LogP contribution >= 0.6 is 11.3 Å². The average molecular weight is 1900 g/mol. The van der Waals surface area contributed by atoms with Gasteiger partial charge < -0.3 is 35.7 Å². The van der Waals surface area contributed by atoms with Crippen molar-refractivity contribution in [2.24, 2.45) is 10.8 Å². The zero-order chi connectivity index (χ0) is 98.7. The van der Waals surface area contributed by atoms with E-state index in [4.69, 9.17) is 35.7 Å². The quantitative estimate of drug-likeness (QED) is 0.0181. The monoisotopic (exact) mass is 1900 g/mol. The van der Waals surface area contributed by atoms with Crippen LogP contribution in [0.15, 0.2) is 287 Å². The molecule has 0 radical (unpaired) electrons. The third-order valence-electron chi connectivity index (χ3n) is 23.7. The highest BCUT2D eigenvalue weighted by Gasteiger charge is 2.43. The molecule has 3 aliphatic rings. The number of nitrogens with zero attached hydrogens (tertiary/aromatic N) is 16. The molecule has 7 N–H and O–H groups in total. The summed E-state index contributed by atoms with van der Waals surface area (Å²) in [7, 11) is 0. The number of aromatic nitrogens is 16. The first kappa shape index (κ1) is 104. The molecule has 18 rings (SSSR count). The molecule has 0 saturated heterocycles. The van der Waals surface area contributed by atoms with Gasteiger partial charge in [-0.15, -0.1) is 11.3 Å². The predicted octanol–water partition coefficient (Wildman–Crippen LogP) is 13.7. The minimum atomic E-state index is -0.522. The number of aliphatic hydroxyl groups is 7. The Morgan fingerprint density at radius 1 is 0.293 bits per heavy atom. The Morgan fingerprint density at radius 2 is 0.657 bits per heavy atom. The first-order valence-corrected chi connectivity index (χ1v) is 47.0. The molecule has 0 bridgehead atoms. The van der Waals surface area contributed by atoms with Crippen LogP contribution in [0.25, 0.3) is 22.3 Å². The van der Waals surface area contributed by atoms with Gasteiger partial charge in [0, 0.05) is 167 Å². The van der Waals surface area contributed by atoms with Gasteiger partial charge in [-0.2, -0.15) is 0 Å². The highest BCUT2D eigenvalue weighted by atomic mass is 32.1. The van der Waals surface area contributed by atoms with Gasteiger partial charge in [-0.25, -0.2) is 69.8 Å². The number of carbonyl (C=O) groups is 7. The van der Waals surface area contributed by atoms with Gasteiger partial charge in [0.05, 0.1) is 38.9 Å². The molecule has 10 aromatic heterocycles. The van der Waals surface area contributed by atoms with Gasteiger partial charge in [-0.1, -0.05) is 178 Å². The number of aliphatic hydroxyl groups excluding tert-OH is 7. The van der Waals surface area contributed by atoms with E-state index in [1.165, 1.54) is 181 Å². The highest BCUT2D eigenvalue weighted by molar-refractivity contribution is 7.09. The minimum absolute atomic E-state index is 0.219. The molecule has 0 aliphatic heterocycles. The van der Waals surface area contributed by atoms with E-state index in [0.29, 0.717) is 99.2 Å². The molecule has 3 aliphatic carbocycles. The van der Waals surface area contributed by atoms with E-state index in [1.807, 2.05) is 72.2 Å². The highest BCUT2D eigenvalue weighted by Crippen LogP contribution is 2.51. The third-order valence-corrected chi connectivity index (χ3v) is 24.6. The van der Waals surface area contributed by atoms with Crippen LogP contribution in [0.1, 0.15) is 209 Å². The first-order chi connectivity index (χ1) is 68.2. The van der Waals surface area contributed by atoms with E-state index >= 15 is 0 Å². The Hall–Kier alpha value is -14.9. The van der Waals surface area contributed by atoms with Crippen molar-refractivity contribution in [3.05, 3.63) is 405 Å². The van der Waals surface area contributed by atoms with E-state index in [1.54, 1.807) is 23.7 Å². The number of pyridine rings is 2. The predicted molar refractivity (Wildman–Crippen MR) is 526 cm³/mol. The van der Waals surface area contributed by atoms with Crippen LogP contribution < -0.4 is 0 Å². The van der Waals surface area contributed by atoms with Crippen LogP contribution in [0.4, 0.5) is 0 Å².